The van der Waals surface area contributed by atoms with Crippen LogP contribution in [-0.4, -0.2) is 30.0 Å². The Bertz CT molecular complexity index is 912. The molecule has 0 aliphatic carbocycles. The van der Waals surface area contributed by atoms with Crippen LogP contribution in [0.4, 0.5) is 23.0 Å². The number of nitrogens with one attached hydrogen (secondary N) is 2. The number of aromatic nitrogens is 2. The van der Waals surface area contributed by atoms with E-state index in [0.29, 0.717) is 16.7 Å². The lowest BCUT2D eigenvalue weighted by molar-refractivity contribution is 0.102. The zero-order valence-corrected chi connectivity index (χ0v) is 15.2. The standard InChI is InChI=1S/C19H18ClN5O/c1-25(2)16-8-6-14(7-9-16)23-19-21-11-10-17(24-19)18(26)22-15-5-3-4-13(20)12-15/h3-12H,1-2H3,(H,22,26)(H,21,23,24). The number of carbonyl (C=O) groups is 1. The van der Waals surface area contributed by atoms with Crippen molar-refractivity contribution in [2.24, 2.45) is 0 Å². The second-order valence-corrected chi connectivity index (χ2v) is 6.23. The molecule has 3 aromatic rings. The van der Waals surface area contributed by atoms with E-state index in [2.05, 4.69) is 20.6 Å². The summed E-state index contributed by atoms with van der Waals surface area (Å²) in [5.74, 6) is 0.0158. The van der Waals surface area contributed by atoms with Crippen molar-refractivity contribution < 1.29 is 4.79 Å². The van der Waals surface area contributed by atoms with E-state index in [4.69, 9.17) is 11.6 Å². The first-order valence-corrected chi connectivity index (χ1v) is 8.33. The second kappa shape index (κ2) is 7.84. The fourth-order valence-electron chi connectivity index (χ4n) is 2.28. The van der Waals surface area contributed by atoms with Crippen molar-refractivity contribution in [3.8, 4) is 0 Å². The van der Waals surface area contributed by atoms with E-state index in [0.717, 1.165) is 11.4 Å². The second-order valence-electron chi connectivity index (χ2n) is 5.80. The van der Waals surface area contributed by atoms with Crippen LogP contribution in [0.1, 0.15) is 10.5 Å². The molecule has 0 bridgehead atoms. The van der Waals surface area contributed by atoms with Gasteiger partial charge in [-0.1, -0.05) is 17.7 Å². The molecule has 1 heterocycles. The molecule has 0 aliphatic heterocycles. The maximum atomic E-state index is 12.4. The summed E-state index contributed by atoms with van der Waals surface area (Å²) in [4.78, 5) is 22.8. The van der Waals surface area contributed by atoms with Gasteiger partial charge in [-0.2, -0.15) is 0 Å². The normalized spacial score (nSPS) is 10.3. The molecule has 6 nitrogen and oxygen atoms in total. The van der Waals surface area contributed by atoms with E-state index in [1.54, 1.807) is 30.3 Å². The van der Waals surface area contributed by atoms with E-state index in [9.17, 15) is 4.79 Å². The molecule has 0 spiro atoms. The molecule has 2 aromatic carbocycles. The minimum Gasteiger partial charge on any atom is -0.378 e. The van der Waals surface area contributed by atoms with Gasteiger partial charge in [0.05, 0.1) is 0 Å². The van der Waals surface area contributed by atoms with Crippen LogP contribution < -0.4 is 15.5 Å². The molecule has 0 atom stereocenters. The highest BCUT2D eigenvalue weighted by molar-refractivity contribution is 6.30. The van der Waals surface area contributed by atoms with Crippen molar-refractivity contribution in [3.05, 3.63) is 71.5 Å². The van der Waals surface area contributed by atoms with E-state index in [1.807, 2.05) is 43.3 Å². The van der Waals surface area contributed by atoms with Crippen LogP contribution in [-0.2, 0) is 0 Å². The lowest BCUT2D eigenvalue weighted by Crippen LogP contribution is -2.14. The van der Waals surface area contributed by atoms with Crippen molar-refractivity contribution >= 4 is 40.5 Å². The number of nitrogens with zero attached hydrogens (tertiary/aromatic N) is 3. The molecule has 26 heavy (non-hydrogen) atoms. The molecule has 3 rings (SSSR count). The van der Waals surface area contributed by atoms with Crippen LogP contribution in [0.25, 0.3) is 0 Å². The van der Waals surface area contributed by atoms with Gasteiger partial charge in [0.1, 0.15) is 5.69 Å². The van der Waals surface area contributed by atoms with Gasteiger partial charge in [0, 0.05) is 42.4 Å². The fourth-order valence-corrected chi connectivity index (χ4v) is 2.47. The summed E-state index contributed by atoms with van der Waals surface area (Å²) in [5.41, 5.74) is 2.79. The topological polar surface area (TPSA) is 70.2 Å². The number of halogens is 1. The van der Waals surface area contributed by atoms with Crippen LogP contribution in [0, 0.1) is 0 Å². The predicted octanol–water partition coefficient (Wildman–Crippen LogP) is 4.19. The third kappa shape index (κ3) is 4.49. The van der Waals surface area contributed by atoms with Crippen LogP contribution in [0.15, 0.2) is 60.8 Å². The Morgan fingerprint density at radius 1 is 1.04 bits per heavy atom. The molecule has 0 radical (unpaired) electrons. The van der Waals surface area contributed by atoms with E-state index in [-0.39, 0.29) is 11.6 Å². The Hall–Kier alpha value is -3.12. The van der Waals surface area contributed by atoms with Gasteiger partial charge in [-0.05, 0) is 48.5 Å². The maximum Gasteiger partial charge on any atom is 0.274 e. The quantitative estimate of drug-likeness (QED) is 0.707. The molecule has 0 fully saturated rings. The van der Waals surface area contributed by atoms with Gasteiger partial charge in [0.25, 0.3) is 5.91 Å². The molecular weight excluding hydrogens is 350 g/mol. The fraction of sp³-hybridized carbons (Fsp3) is 0.105. The van der Waals surface area contributed by atoms with Gasteiger partial charge < -0.3 is 15.5 Å². The summed E-state index contributed by atoms with van der Waals surface area (Å²) in [7, 11) is 3.96. The Kier molecular flexibility index (Phi) is 5.34. The Balaban J connectivity index is 1.72. The van der Waals surface area contributed by atoms with Crippen molar-refractivity contribution in [2.75, 3.05) is 29.6 Å². The Morgan fingerprint density at radius 2 is 1.81 bits per heavy atom. The van der Waals surface area contributed by atoms with E-state index >= 15 is 0 Å². The van der Waals surface area contributed by atoms with Crippen LogP contribution in [0.3, 0.4) is 0 Å². The van der Waals surface area contributed by atoms with E-state index < -0.39 is 0 Å². The van der Waals surface area contributed by atoms with E-state index in [1.165, 1.54) is 6.20 Å². The van der Waals surface area contributed by atoms with Gasteiger partial charge in [-0.15, -0.1) is 0 Å². The molecule has 0 saturated heterocycles. The molecule has 2 N–H and O–H groups in total. The Labute approximate surface area is 156 Å². The summed E-state index contributed by atoms with van der Waals surface area (Å²) in [5, 5.41) is 6.41. The highest BCUT2D eigenvalue weighted by Crippen LogP contribution is 2.19. The molecule has 1 amide bonds. The van der Waals surface area contributed by atoms with Gasteiger partial charge in [-0.3, -0.25) is 4.79 Å². The first-order chi connectivity index (χ1) is 12.5. The summed E-state index contributed by atoms with van der Waals surface area (Å²) >= 11 is 5.93. The number of hydrogen-bond donors (Lipinski definition) is 2. The summed E-state index contributed by atoms with van der Waals surface area (Å²) in [6, 6.07) is 16.3. The van der Waals surface area contributed by atoms with Gasteiger partial charge in [-0.25, -0.2) is 9.97 Å². The minimum atomic E-state index is -0.333. The first kappa shape index (κ1) is 17.7. The monoisotopic (exact) mass is 367 g/mol. The first-order valence-electron chi connectivity index (χ1n) is 7.95. The molecule has 0 unspecified atom stereocenters. The minimum absolute atomic E-state index is 0.257. The largest absolute Gasteiger partial charge is 0.378 e. The van der Waals surface area contributed by atoms with Crippen molar-refractivity contribution in [1.82, 2.24) is 9.97 Å². The third-order valence-electron chi connectivity index (χ3n) is 3.61. The highest BCUT2D eigenvalue weighted by Gasteiger charge is 2.10. The number of carbonyl (C=O) groups excluding carboxylic acids is 1. The van der Waals surface area contributed by atoms with Crippen LogP contribution in [0.2, 0.25) is 5.02 Å². The average Bonchev–Trinajstić information content (AvgIpc) is 2.62. The van der Waals surface area contributed by atoms with Gasteiger partial charge in [0.15, 0.2) is 0 Å². The number of hydrogen-bond acceptors (Lipinski definition) is 5. The summed E-state index contributed by atoms with van der Waals surface area (Å²) < 4.78 is 0. The predicted molar refractivity (Wildman–Crippen MR) is 105 cm³/mol. The molecular formula is C19H18ClN5O. The number of anilines is 4. The number of benzene rings is 2. The third-order valence-corrected chi connectivity index (χ3v) is 3.85. The zero-order valence-electron chi connectivity index (χ0n) is 14.4. The van der Waals surface area contributed by atoms with Crippen LogP contribution in [0.5, 0.6) is 0 Å². The van der Waals surface area contributed by atoms with Gasteiger partial charge in [0.2, 0.25) is 5.95 Å². The molecule has 7 heteroatoms. The molecule has 1 aromatic heterocycles. The van der Waals surface area contributed by atoms with Crippen molar-refractivity contribution in [3.63, 3.8) is 0 Å². The lowest BCUT2D eigenvalue weighted by Gasteiger charge is -2.13. The number of rotatable bonds is 5. The smallest absolute Gasteiger partial charge is 0.274 e. The average molecular weight is 368 g/mol. The van der Waals surface area contributed by atoms with Crippen molar-refractivity contribution in [1.29, 1.82) is 0 Å². The van der Waals surface area contributed by atoms with Crippen molar-refractivity contribution in [2.45, 2.75) is 0 Å². The highest BCUT2D eigenvalue weighted by atomic mass is 35.5. The summed E-state index contributed by atoms with van der Waals surface area (Å²) in [6.07, 6.45) is 1.54. The number of amides is 1. The summed E-state index contributed by atoms with van der Waals surface area (Å²) in [6.45, 7) is 0. The molecule has 0 saturated carbocycles. The van der Waals surface area contributed by atoms with Crippen LogP contribution >= 0.6 is 11.6 Å². The zero-order chi connectivity index (χ0) is 18.5. The van der Waals surface area contributed by atoms with Gasteiger partial charge >= 0.3 is 0 Å². The molecule has 132 valence electrons. The maximum absolute atomic E-state index is 12.4. The molecule has 0 aliphatic rings. The lowest BCUT2D eigenvalue weighted by atomic mass is 10.2. The Morgan fingerprint density at radius 3 is 2.50 bits per heavy atom. The SMILES string of the molecule is CN(C)c1ccc(Nc2nccc(C(=O)Nc3cccc(Cl)c3)n2)cc1.